The van der Waals surface area contributed by atoms with Crippen LogP contribution >= 0.6 is 0 Å². The zero-order chi connectivity index (χ0) is 13.5. The second-order valence-electron chi connectivity index (χ2n) is 3.94. The molecular weight excluding hydrogens is 232 g/mol. The maximum absolute atomic E-state index is 11.6. The minimum Gasteiger partial charge on any atom is -0.481 e. The van der Waals surface area contributed by atoms with Crippen LogP contribution in [0, 0.1) is 18.3 Å². The van der Waals surface area contributed by atoms with Crippen molar-refractivity contribution in [2.24, 2.45) is 0 Å². The minimum absolute atomic E-state index is 0.0232. The minimum atomic E-state index is -0.912. The molecule has 1 rings (SSSR count). The highest BCUT2D eigenvalue weighted by Gasteiger charge is 2.07. The van der Waals surface area contributed by atoms with Crippen molar-refractivity contribution in [3.63, 3.8) is 0 Å². The molecule has 0 aliphatic heterocycles. The van der Waals surface area contributed by atoms with E-state index in [0.717, 1.165) is 5.56 Å². The lowest BCUT2D eigenvalue weighted by molar-refractivity contribution is -0.137. The predicted molar refractivity (Wildman–Crippen MR) is 66.0 cm³/mol. The number of aliphatic carboxylic acids is 1. The molecule has 1 aromatic rings. The smallest absolute Gasteiger partial charge is 0.303 e. The summed E-state index contributed by atoms with van der Waals surface area (Å²) < 4.78 is 0. The first-order chi connectivity index (χ1) is 8.52. The van der Waals surface area contributed by atoms with E-state index < -0.39 is 5.97 Å². The number of nitriles is 1. The summed E-state index contributed by atoms with van der Waals surface area (Å²) in [7, 11) is 0. The molecule has 0 radical (unpaired) electrons. The third-order valence-corrected chi connectivity index (χ3v) is 2.44. The predicted octanol–water partition coefficient (Wildman–Crippen LogP) is 2.06. The number of hydrogen-bond acceptors (Lipinski definition) is 3. The number of carbonyl (C=O) groups excluding carboxylic acids is 1. The molecule has 0 fully saturated rings. The van der Waals surface area contributed by atoms with Gasteiger partial charge in [-0.15, -0.1) is 0 Å². The van der Waals surface area contributed by atoms with E-state index in [4.69, 9.17) is 10.4 Å². The van der Waals surface area contributed by atoms with E-state index in [1.54, 1.807) is 18.2 Å². The number of anilines is 1. The van der Waals surface area contributed by atoms with Gasteiger partial charge in [0.2, 0.25) is 5.91 Å². The Bertz CT molecular complexity index is 503. The van der Waals surface area contributed by atoms with E-state index >= 15 is 0 Å². The lowest BCUT2D eigenvalue weighted by atomic mass is 10.1. The standard InChI is InChI=1S/C13H14N2O3/c1-9-5-6-10(8-14)7-11(9)15-12(16)3-2-4-13(17)18/h5-7H,2-4H2,1H3,(H,15,16)(H,17,18). The molecule has 2 N–H and O–H groups in total. The van der Waals surface area contributed by atoms with Crippen LogP contribution in [0.3, 0.4) is 0 Å². The van der Waals surface area contributed by atoms with Gasteiger partial charge in [0.1, 0.15) is 0 Å². The van der Waals surface area contributed by atoms with Crippen molar-refractivity contribution in [3.8, 4) is 6.07 Å². The van der Waals surface area contributed by atoms with Gasteiger partial charge < -0.3 is 10.4 Å². The third-order valence-electron chi connectivity index (χ3n) is 2.44. The van der Waals surface area contributed by atoms with Gasteiger partial charge in [-0.05, 0) is 31.0 Å². The van der Waals surface area contributed by atoms with E-state index in [1.807, 2.05) is 13.0 Å². The Morgan fingerprint density at radius 1 is 1.39 bits per heavy atom. The highest BCUT2D eigenvalue weighted by Crippen LogP contribution is 2.16. The van der Waals surface area contributed by atoms with Crippen LogP contribution in [0.5, 0.6) is 0 Å². The number of carbonyl (C=O) groups is 2. The summed E-state index contributed by atoms with van der Waals surface area (Å²) in [5.74, 6) is -1.15. The Hall–Kier alpha value is -2.35. The van der Waals surface area contributed by atoms with Gasteiger partial charge in [0.15, 0.2) is 0 Å². The van der Waals surface area contributed by atoms with Gasteiger partial charge in [0.05, 0.1) is 11.6 Å². The summed E-state index contributed by atoms with van der Waals surface area (Å²) in [6.45, 7) is 1.83. The molecule has 94 valence electrons. The SMILES string of the molecule is Cc1ccc(C#N)cc1NC(=O)CCCC(=O)O. The van der Waals surface area contributed by atoms with E-state index in [9.17, 15) is 9.59 Å². The first-order valence-electron chi connectivity index (χ1n) is 5.55. The monoisotopic (exact) mass is 246 g/mol. The van der Waals surface area contributed by atoms with Crippen LogP contribution in [0.15, 0.2) is 18.2 Å². The normalized spacial score (nSPS) is 9.56. The van der Waals surface area contributed by atoms with Crippen molar-refractivity contribution in [1.29, 1.82) is 5.26 Å². The molecular formula is C13H14N2O3. The van der Waals surface area contributed by atoms with Gasteiger partial charge in [-0.2, -0.15) is 5.26 Å². The number of carboxylic acid groups (broad SMARTS) is 1. The number of aryl methyl sites for hydroxylation is 1. The molecule has 0 aliphatic carbocycles. The summed E-state index contributed by atoms with van der Waals surface area (Å²) in [5.41, 5.74) is 1.93. The lowest BCUT2D eigenvalue weighted by Gasteiger charge is -2.08. The second kappa shape index (κ2) is 6.40. The molecule has 5 heteroatoms. The van der Waals surface area contributed by atoms with Crippen LogP contribution in [0.4, 0.5) is 5.69 Å². The Morgan fingerprint density at radius 3 is 2.72 bits per heavy atom. The molecule has 0 aromatic heterocycles. The van der Waals surface area contributed by atoms with Crippen LogP contribution in [0.1, 0.15) is 30.4 Å². The fraction of sp³-hybridized carbons (Fsp3) is 0.308. The number of hydrogen-bond donors (Lipinski definition) is 2. The van der Waals surface area contributed by atoms with Crippen molar-refractivity contribution < 1.29 is 14.7 Å². The third kappa shape index (κ3) is 4.26. The first-order valence-corrected chi connectivity index (χ1v) is 5.55. The molecule has 5 nitrogen and oxygen atoms in total. The summed E-state index contributed by atoms with van der Waals surface area (Å²) in [6.07, 6.45) is 0.436. The van der Waals surface area contributed by atoms with Gasteiger partial charge >= 0.3 is 5.97 Å². The van der Waals surface area contributed by atoms with Gasteiger partial charge in [-0.3, -0.25) is 9.59 Å². The first kappa shape index (κ1) is 13.7. The van der Waals surface area contributed by atoms with Gasteiger partial charge in [-0.25, -0.2) is 0 Å². The molecule has 0 saturated carbocycles. The highest BCUT2D eigenvalue weighted by molar-refractivity contribution is 5.91. The molecule has 1 aromatic carbocycles. The zero-order valence-corrected chi connectivity index (χ0v) is 10.1. The van der Waals surface area contributed by atoms with Crippen LogP contribution in [0.2, 0.25) is 0 Å². The number of amides is 1. The summed E-state index contributed by atoms with van der Waals surface area (Å²) in [4.78, 5) is 21.9. The van der Waals surface area contributed by atoms with Crippen LogP contribution in [-0.4, -0.2) is 17.0 Å². The summed E-state index contributed by atoms with van der Waals surface area (Å²) >= 11 is 0. The van der Waals surface area contributed by atoms with E-state index in [-0.39, 0.29) is 18.7 Å². The number of rotatable bonds is 5. The Kier molecular flexibility index (Phi) is 4.88. The maximum Gasteiger partial charge on any atom is 0.303 e. The molecule has 0 spiro atoms. The van der Waals surface area contributed by atoms with Crippen molar-refractivity contribution in [1.82, 2.24) is 0 Å². The molecule has 0 atom stereocenters. The molecule has 0 bridgehead atoms. The van der Waals surface area contributed by atoms with Crippen molar-refractivity contribution in [3.05, 3.63) is 29.3 Å². The topological polar surface area (TPSA) is 90.2 Å². The summed E-state index contributed by atoms with van der Waals surface area (Å²) in [6, 6.07) is 7.03. The number of benzene rings is 1. The van der Waals surface area contributed by atoms with Gasteiger partial charge in [0, 0.05) is 18.5 Å². The van der Waals surface area contributed by atoms with Crippen molar-refractivity contribution in [2.75, 3.05) is 5.32 Å². The van der Waals surface area contributed by atoms with Crippen LogP contribution < -0.4 is 5.32 Å². The molecule has 0 aliphatic rings. The lowest BCUT2D eigenvalue weighted by Crippen LogP contribution is -2.12. The van der Waals surface area contributed by atoms with E-state index in [2.05, 4.69) is 5.32 Å². The number of nitrogens with zero attached hydrogens (tertiary/aromatic N) is 1. The van der Waals surface area contributed by atoms with Crippen LogP contribution in [0.25, 0.3) is 0 Å². The molecule has 0 saturated heterocycles. The highest BCUT2D eigenvalue weighted by atomic mass is 16.4. The average molecular weight is 246 g/mol. The fourth-order valence-corrected chi connectivity index (χ4v) is 1.44. The molecule has 0 unspecified atom stereocenters. The summed E-state index contributed by atoms with van der Waals surface area (Å²) in [5, 5.41) is 19.9. The molecule has 18 heavy (non-hydrogen) atoms. The fourth-order valence-electron chi connectivity index (χ4n) is 1.44. The number of nitrogens with one attached hydrogen (secondary N) is 1. The van der Waals surface area contributed by atoms with Crippen LogP contribution in [-0.2, 0) is 9.59 Å². The second-order valence-corrected chi connectivity index (χ2v) is 3.94. The van der Waals surface area contributed by atoms with Gasteiger partial charge in [-0.1, -0.05) is 6.07 Å². The quantitative estimate of drug-likeness (QED) is 0.832. The number of carboxylic acids is 1. The van der Waals surface area contributed by atoms with E-state index in [0.29, 0.717) is 17.7 Å². The van der Waals surface area contributed by atoms with Gasteiger partial charge in [0.25, 0.3) is 0 Å². The van der Waals surface area contributed by atoms with Crippen molar-refractivity contribution in [2.45, 2.75) is 26.2 Å². The zero-order valence-electron chi connectivity index (χ0n) is 10.1. The average Bonchev–Trinajstić information content (AvgIpc) is 2.31. The Morgan fingerprint density at radius 2 is 2.11 bits per heavy atom. The molecule has 1 amide bonds. The maximum atomic E-state index is 11.6. The Labute approximate surface area is 105 Å². The van der Waals surface area contributed by atoms with Crippen molar-refractivity contribution >= 4 is 17.6 Å². The largest absolute Gasteiger partial charge is 0.481 e. The molecule has 0 heterocycles. The van der Waals surface area contributed by atoms with E-state index in [1.165, 1.54) is 0 Å². The Balaban J connectivity index is 2.59.